The molecule has 4 nitrogen and oxygen atoms in total. The van der Waals surface area contributed by atoms with Crippen LogP contribution in [0.1, 0.15) is 12.5 Å². The van der Waals surface area contributed by atoms with Gasteiger partial charge in [0.1, 0.15) is 0 Å². The Bertz CT molecular complexity index is 528. The largest absolute Gasteiger partial charge is 0.416 e. The fraction of sp³-hybridized carbons (Fsp3) is 0.333. The maximum Gasteiger partial charge on any atom is 0.416 e. The lowest BCUT2D eigenvalue weighted by Gasteiger charge is -2.29. The summed E-state index contributed by atoms with van der Waals surface area (Å²) >= 11 is 0. The molecule has 1 aliphatic heterocycles. The van der Waals surface area contributed by atoms with Gasteiger partial charge in [-0.2, -0.15) is 13.2 Å². The summed E-state index contributed by atoms with van der Waals surface area (Å²) in [5.41, 5.74) is -0.979. The number of hydrogen-bond acceptors (Lipinski definition) is 2. The third-order valence-corrected chi connectivity index (χ3v) is 2.84. The Labute approximate surface area is 107 Å². The number of urea groups is 1. The van der Waals surface area contributed by atoms with Crippen LogP contribution in [0.4, 0.5) is 23.7 Å². The van der Waals surface area contributed by atoms with E-state index < -0.39 is 29.6 Å². The van der Waals surface area contributed by atoms with Crippen molar-refractivity contribution in [3.8, 4) is 0 Å². The van der Waals surface area contributed by atoms with Crippen LogP contribution < -0.4 is 10.2 Å². The number of carbonyl (C=O) groups excluding carboxylic acids is 2. The second-order valence-corrected chi connectivity index (χ2v) is 4.31. The number of imide groups is 1. The number of carbonyl (C=O) groups is 2. The standard InChI is InChI=1S/C12H11F3N2O2/c1-7-6-16-11(19)17(10(7)18)9-4-2-3-8(5-9)12(13,14)15/h2-5,7H,6H2,1H3,(H,16,19). The van der Waals surface area contributed by atoms with Gasteiger partial charge in [0.25, 0.3) is 0 Å². The Kier molecular flexibility index (Phi) is 3.21. The summed E-state index contributed by atoms with van der Waals surface area (Å²) in [5.74, 6) is -0.977. The number of alkyl halides is 3. The number of nitrogens with zero attached hydrogens (tertiary/aromatic N) is 1. The van der Waals surface area contributed by atoms with E-state index in [1.807, 2.05) is 0 Å². The summed E-state index contributed by atoms with van der Waals surface area (Å²) in [4.78, 5) is 24.2. The first kappa shape index (κ1) is 13.4. The summed E-state index contributed by atoms with van der Waals surface area (Å²) in [6.45, 7) is 1.79. The number of amides is 3. The Morgan fingerprint density at radius 3 is 2.63 bits per heavy atom. The fourth-order valence-corrected chi connectivity index (χ4v) is 1.79. The minimum absolute atomic E-state index is 0.0797. The van der Waals surface area contributed by atoms with Crippen LogP contribution in [-0.2, 0) is 11.0 Å². The van der Waals surface area contributed by atoms with E-state index >= 15 is 0 Å². The first-order valence-electron chi connectivity index (χ1n) is 5.60. The molecule has 1 aromatic rings. The molecule has 1 fully saturated rings. The Morgan fingerprint density at radius 1 is 1.32 bits per heavy atom. The van der Waals surface area contributed by atoms with E-state index in [1.165, 1.54) is 6.07 Å². The highest BCUT2D eigenvalue weighted by Gasteiger charge is 2.35. The molecule has 1 saturated heterocycles. The van der Waals surface area contributed by atoms with Crippen LogP contribution in [0.2, 0.25) is 0 Å². The van der Waals surface area contributed by atoms with Crippen molar-refractivity contribution in [1.82, 2.24) is 5.32 Å². The van der Waals surface area contributed by atoms with Crippen LogP contribution in [0.25, 0.3) is 0 Å². The molecule has 0 aliphatic carbocycles. The van der Waals surface area contributed by atoms with Gasteiger partial charge in [0, 0.05) is 6.54 Å². The molecule has 1 N–H and O–H groups in total. The molecular formula is C12H11F3N2O2. The summed E-state index contributed by atoms with van der Waals surface area (Å²) in [5, 5.41) is 2.45. The monoisotopic (exact) mass is 272 g/mol. The Morgan fingerprint density at radius 2 is 2.00 bits per heavy atom. The predicted molar refractivity (Wildman–Crippen MR) is 61.5 cm³/mol. The lowest BCUT2D eigenvalue weighted by Crippen LogP contribution is -2.54. The van der Waals surface area contributed by atoms with Gasteiger partial charge in [-0.05, 0) is 18.2 Å². The molecule has 0 bridgehead atoms. The van der Waals surface area contributed by atoms with Crippen LogP contribution in [0.5, 0.6) is 0 Å². The molecule has 1 aromatic carbocycles. The zero-order valence-corrected chi connectivity index (χ0v) is 9.99. The lowest BCUT2D eigenvalue weighted by molar-refractivity contribution is -0.137. The quantitative estimate of drug-likeness (QED) is 0.853. The fourth-order valence-electron chi connectivity index (χ4n) is 1.79. The second kappa shape index (κ2) is 4.56. The minimum Gasteiger partial charge on any atom is -0.337 e. The zero-order valence-electron chi connectivity index (χ0n) is 9.99. The SMILES string of the molecule is CC1CNC(=O)N(c2cccc(C(F)(F)F)c2)C1=O. The van der Waals surface area contributed by atoms with Gasteiger partial charge >= 0.3 is 12.2 Å². The molecule has 3 amide bonds. The number of rotatable bonds is 1. The van der Waals surface area contributed by atoms with Gasteiger partial charge in [-0.25, -0.2) is 9.69 Å². The molecule has 0 spiro atoms. The van der Waals surface area contributed by atoms with Crippen LogP contribution in [0.3, 0.4) is 0 Å². The highest BCUT2D eigenvalue weighted by Crippen LogP contribution is 2.32. The molecule has 0 aromatic heterocycles. The van der Waals surface area contributed by atoms with Crippen LogP contribution in [0.15, 0.2) is 24.3 Å². The first-order chi connectivity index (χ1) is 8.80. The second-order valence-electron chi connectivity index (χ2n) is 4.31. The predicted octanol–water partition coefficient (Wildman–Crippen LogP) is 2.40. The molecule has 0 saturated carbocycles. The first-order valence-corrected chi connectivity index (χ1v) is 5.60. The van der Waals surface area contributed by atoms with Gasteiger partial charge in [0.2, 0.25) is 5.91 Å². The number of hydrogen-bond donors (Lipinski definition) is 1. The van der Waals surface area contributed by atoms with Crippen molar-refractivity contribution < 1.29 is 22.8 Å². The maximum absolute atomic E-state index is 12.6. The third kappa shape index (κ3) is 2.54. The highest BCUT2D eigenvalue weighted by molar-refractivity contribution is 6.16. The van der Waals surface area contributed by atoms with Crippen molar-refractivity contribution in [1.29, 1.82) is 0 Å². The van der Waals surface area contributed by atoms with Gasteiger partial charge in [0.15, 0.2) is 0 Å². The van der Waals surface area contributed by atoms with Crippen molar-refractivity contribution in [2.75, 3.05) is 11.4 Å². The van der Waals surface area contributed by atoms with Crippen LogP contribution in [0, 0.1) is 5.92 Å². The molecular weight excluding hydrogens is 261 g/mol. The Balaban J connectivity index is 2.40. The van der Waals surface area contributed by atoms with E-state index in [2.05, 4.69) is 5.32 Å². The van der Waals surface area contributed by atoms with Gasteiger partial charge in [-0.15, -0.1) is 0 Å². The van der Waals surface area contributed by atoms with E-state index in [1.54, 1.807) is 6.92 Å². The van der Waals surface area contributed by atoms with Crippen molar-refractivity contribution in [3.63, 3.8) is 0 Å². The van der Waals surface area contributed by atoms with Crippen molar-refractivity contribution in [2.24, 2.45) is 5.92 Å². The van der Waals surface area contributed by atoms with Gasteiger partial charge < -0.3 is 5.32 Å². The van der Waals surface area contributed by atoms with Gasteiger partial charge in [-0.1, -0.05) is 13.0 Å². The Hall–Kier alpha value is -2.05. The molecule has 102 valence electrons. The van der Waals surface area contributed by atoms with Crippen molar-refractivity contribution >= 4 is 17.6 Å². The molecule has 0 radical (unpaired) electrons. The summed E-state index contributed by atoms with van der Waals surface area (Å²) in [6, 6.07) is 3.43. The van der Waals surface area contributed by atoms with E-state index in [9.17, 15) is 22.8 Å². The molecule has 7 heteroatoms. The normalized spacial score (nSPS) is 20.4. The maximum atomic E-state index is 12.6. The van der Waals surface area contributed by atoms with E-state index in [4.69, 9.17) is 0 Å². The molecule has 1 atom stereocenters. The van der Waals surface area contributed by atoms with Gasteiger partial charge in [0.05, 0.1) is 17.2 Å². The van der Waals surface area contributed by atoms with Crippen LogP contribution in [-0.4, -0.2) is 18.5 Å². The molecule has 19 heavy (non-hydrogen) atoms. The average Bonchev–Trinajstić information content (AvgIpc) is 2.34. The number of halogens is 3. The minimum atomic E-state index is -4.52. The van der Waals surface area contributed by atoms with Gasteiger partial charge in [-0.3, -0.25) is 4.79 Å². The van der Waals surface area contributed by atoms with Crippen LogP contribution >= 0.6 is 0 Å². The van der Waals surface area contributed by atoms with E-state index in [0.717, 1.165) is 23.1 Å². The molecule has 2 rings (SSSR count). The number of benzene rings is 1. The zero-order chi connectivity index (χ0) is 14.2. The molecule has 1 aliphatic rings. The van der Waals surface area contributed by atoms with Crippen molar-refractivity contribution in [3.05, 3.63) is 29.8 Å². The summed E-state index contributed by atoms with van der Waals surface area (Å²) < 4.78 is 37.8. The van der Waals surface area contributed by atoms with E-state index in [0.29, 0.717) is 0 Å². The molecule has 1 unspecified atom stereocenters. The topological polar surface area (TPSA) is 49.4 Å². The smallest absolute Gasteiger partial charge is 0.337 e. The number of nitrogens with one attached hydrogen (secondary N) is 1. The van der Waals surface area contributed by atoms with Crippen molar-refractivity contribution in [2.45, 2.75) is 13.1 Å². The highest BCUT2D eigenvalue weighted by atomic mass is 19.4. The molecule has 1 heterocycles. The lowest BCUT2D eigenvalue weighted by atomic mass is 10.1. The third-order valence-electron chi connectivity index (χ3n) is 2.84. The summed E-state index contributed by atoms with van der Waals surface area (Å²) in [7, 11) is 0. The summed E-state index contributed by atoms with van der Waals surface area (Å²) in [6.07, 6.45) is -4.52. The van der Waals surface area contributed by atoms with E-state index in [-0.39, 0.29) is 12.2 Å². The average molecular weight is 272 g/mol. The number of anilines is 1.